The minimum Gasteiger partial charge on any atom is -0.505 e. The van der Waals surface area contributed by atoms with Gasteiger partial charge in [-0.1, -0.05) is 0 Å². The van der Waals surface area contributed by atoms with Gasteiger partial charge in [0.25, 0.3) is 5.56 Å². The summed E-state index contributed by atoms with van der Waals surface area (Å²) in [6.07, 6.45) is 1.45. The highest BCUT2D eigenvalue weighted by Gasteiger charge is 2.20. The molecular formula is C11H10N2O4. The van der Waals surface area contributed by atoms with E-state index in [1.54, 1.807) is 6.07 Å². The van der Waals surface area contributed by atoms with Crippen LogP contribution >= 0.6 is 0 Å². The van der Waals surface area contributed by atoms with Gasteiger partial charge in [0.05, 0.1) is 12.5 Å². The van der Waals surface area contributed by atoms with Gasteiger partial charge >= 0.3 is 5.97 Å². The van der Waals surface area contributed by atoms with Crippen LogP contribution in [0, 0.1) is 0 Å². The summed E-state index contributed by atoms with van der Waals surface area (Å²) in [5.41, 5.74) is -0.531. The first kappa shape index (κ1) is 11.1. The molecular weight excluding hydrogens is 224 g/mol. The van der Waals surface area contributed by atoms with Crippen molar-refractivity contribution in [2.24, 2.45) is 7.05 Å². The summed E-state index contributed by atoms with van der Waals surface area (Å²) in [4.78, 5) is 27.3. The summed E-state index contributed by atoms with van der Waals surface area (Å²) in [6, 6.07) is 3.09. The third-order valence-electron chi connectivity index (χ3n) is 2.51. The van der Waals surface area contributed by atoms with Crippen molar-refractivity contribution in [1.82, 2.24) is 9.55 Å². The van der Waals surface area contributed by atoms with E-state index >= 15 is 0 Å². The van der Waals surface area contributed by atoms with Crippen molar-refractivity contribution in [3.63, 3.8) is 0 Å². The Morgan fingerprint density at radius 1 is 1.53 bits per heavy atom. The number of pyridine rings is 2. The molecule has 2 aromatic heterocycles. The second kappa shape index (κ2) is 3.89. The van der Waals surface area contributed by atoms with Crippen molar-refractivity contribution in [3.05, 3.63) is 34.4 Å². The van der Waals surface area contributed by atoms with Crippen LogP contribution in [0.2, 0.25) is 0 Å². The van der Waals surface area contributed by atoms with Crippen molar-refractivity contribution in [1.29, 1.82) is 0 Å². The van der Waals surface area contributed by atoms with Crippen molar-refractivity contribution in [2.45, 2.75) is 0 Å². The molecule has 2 rings (SSSR count). The van der Waals surface area contributed by atoms with E-state index in [0.29, 0.717) is 0 Å². The Bertz CT molecular complexity index is 660. The molecule has 0 atom stereocenters. The maximum atomic E-state index is 11.9. The average molecular weight is 234 g/mol. The molecule has 0 saturated heterocycles. The fourth-order valence-corrected chi connectivity index (χ4v) is 1.64. The number of aromatic nitrogens is 2. The van der Waals surface area contributed by atoms with Gasteiger partial charge in [-0.3, -0.25) is 9.78 Å². The van der Waals surface area contributed by atoms with E-state index in [-0.39, 0.29) is 22.3 Å². The van der Waals surface area contributed by atoms with Gasteiger partial charge in [0, 0.05) is 13.2 Å². The third kappa shape index (κ3) is 1.54. The summed E-state index contributed by atoms with van der Waals surface area (Å²) in [5.74, 6) is -1.07. The molecule has 0 aliphatic heterocycles. The number of aromatic hydroxyl groups is 1. The first-order valence-electron chi connectivity index (χ1n) is 4.83. The lowest BCUT2D eigenvalue weighted by molar-refractivity contribution is 0.0585. The van der Waals surface area contributed by atoms with E-state index in [4.69, 9.17) is 0 Å². The largest absolute Gasteiger partial charge is 0.505 e. The van der Waals surface area contributed by atoms with Crippen LogP contribution in [0.3, 0.4) is 0 Å². The summed E-state index contributed by atoms with van der Waals surface area (Å²) in [5, 5.41) is 10.2. The van der Waals surface area contributed by atoms with Crippen LogP contribution in [-0.2, 0) is 11.8 Å². The molecule has 17 heavy (non-hydrogen) atoms. The number of hydrogen-bond acceptors (Lipinski definition) is 5. The Morgan fingerprint density at radius 3 is 2.88 bits per heavy atom. The Morgan fingerprint density at radius 2 is 2.24 bits per heavy atom. The predicted octanol–water partition coefficient (Wildman–Crippen LogP) is 0.426. The fraction of sp³-hybridized carbons (Fsp3) is 0.182. The molecule has 2 heterocycles. The van der Waals surface area contributed by atoms with Gasteiger partial charge in [0.15, 0.2) is 11.4 Å². The van der Waals surface area contributed by atoms with E-state index in [9.17, 15) is 14.7 Å². The van der Waals surface area contributed by atoms with Gasteiger partial charge in [-0.15, -0.1) is 0 Å². The second-order valence-corrected chi connectivity index (χ2v) is 3.45. The maximum absolute atomic E-state index is 11.9. The van der Waals surface area contributed by atoms with Crippen molar-refractivity contribution >= 4 is 16.9 Å². The minimum atomic E-state index is -0.771. The molecule has 1 N–H and O–H groups in total. The first-order valence-corrected chi connectivity index (χ1v) is 4.83. The number of esters is 1. The Labute approximate surface area is 96.1 Å². The van der Waals surface area contributed by atoms with Gasteiger partial charge in [-0.2, -0.15) is 0 Å². The molecule has 0 unspecified atom stereocenters. The van der Waals surface area contributed by atoms with Crippen LogP contribution in [0.25, 0.3) is 10.9 Å². The standard InChI is InChI=1S/C11H10N2O4/c1-13-8(11(16)17-2)9(14)6-4-3-5-12-7(6)10(13)15/h3-5,14H,1-2H3. The molecule has 88 valence electrons. The molecule has 0 aliphatic rings. The van der Waals surface area contributed by atoms with Crippen molar-refractivity contribution in [3.8, 4) is 5.75 Å². The highest BCUT2D eigenvalue weighted by atomic mass is 16.5. The van der Waals surface area contributed by atoms with Gasteiger partial charge in [-0.25, -0.2) is 4.79 Å². The topological polar surface area (TPSA) is 81.4 Å². The molecule has 6 nitrogen and oxygen atoms in total. The van der Waals surface area contributed by atoms with Crippen LogP contribution in [0.1, 0.15) is 10.5 Å². The SMILES string of the molecule is COC(=O)c1c(O)c2cccnc2c(=O)n1C. The molecule has 2 aromatic rings. The summed E-state index contributed by atoms with van der Waals surface area (Å²) < 4.78 is 5.55. The zero-order valence-electron chi connectivity index (χ0n) is 9.30. The molecule has 0 spiro atoms. The van der Waals surface area contributed by atoms with Crippen molar-refractivity contribution in [2.75, 3.05) is 7.11 Å². The quantitative estimate of drug-likeness (QED) is 0.723. The minimum absolute atomic E-state index is 0.111. The number of fused-ring (bicyclic) bond motifs is 1. The van der Waals surface area contributed by atoms with E-state index in [1.165, 1.54) is 26.4 Å². The Hall–Kier alpha value is -2.37. The number of carbonyl (C=O) groups is 1. The fourth-order valence-electron chi connectivity index (χ4n) is 1.64. The first-order chi connectivity index (χ1) is 8.07. The number of methoxy groups -OCH3 is 1. The molecule has 0 radical (unpaired) electrons. The third-order valence-corrected chi connectivity index (χ3v) is 2.51. The molecule has 0 aliphatic carbocycles. The van der Waals surface area contributed by atoms with E-state index in [0.717, 1.165) is 4.57 Å². The number of carbonyl (C=O) groups excluding carboxylic acids is 1. The Kier molecular flexibility index (Phi) is 2.55. The van der Waals surface area contributed by atoms with Gasteiger partial charge in [-0.05, 0) is 12.1 Å². The zero-order chi connectivity index (χ0) is 12.6. The number of hydrogen-bond donors (Lipinski definition) is 1. The normalized spacial score (nSPS) is 10.5. The van der Waals surface area contributed by atoms with Crippen molar-refractivity contribution < 1.29 is 14.6 Å². The van der Waals surface area contributed by atoms with Crippen LogP contribution in [0.4, 0.5) is 0 Å². The lowest BCUT2D eigenvalue weighted by Crippen LogP contribution is -2.24. The molecule has 6 heteroatoms. The molecule has 0 aromatic carbocycles. The molecule has 0 saturated carbocycles. The van der Waals surface area contributed by atoms with E-state index in [1.807, 2.05) is 0 Å². The molecule has 0 fully saturated rings. The van der Waals surface area contributed by atoms with Gasteiger partial charge < -0.3 is 14.4 Å². The average Bonchev–Trinajstić information content (AvgIpc) is 2.36. The smallest absolute Gasteiger partial charge is 0.358 e. The highest BCUT2D eigenvalue weighted by Crippen LogP contribution is 2.24. The van der Waals surface area contributed by atoms with Crippen LogP contribution in [0.5, 0.6) is 5.75 Å². The van der Waals surface area contributed by atoms with Crippen LogP contribution < -0.4 is 5.56 Å². The molecule has 0 amide bonds. The van der Waals surface area contributed by atoms with E-state index < -0.39 is 11.5 Å². The number of rotatable bonds is 1. The van der Waals surface area contributed by atoms with Crippen LogP contribution in [-0.4, -0.2) is 27.7 Å². The lowest BCUT2D eigenvalue weighted by atomic mass is 10.2. The highest BCUT2D eigenvalue weighted by molar-refractivity contribution is 5.97. The summed E-state index contributed by atoms with van der Waals surface area (Å²) >= 11 is 0. The second-order valence-electron chi connectivity index (χ2n) is 3.45. The number of ether oxygens (including phenoxy) is 1. The van der Waals surface area contributed by atoms with Gasteiger partial charge in [0.1, 0.15) is 5.52 Å². The summed E-state index contributed by atoms with van der Waals surface area (Å²) in [7, 11) is 2.56. The monoisotopic (exact) mass is 234 g/mol. The number of nitrogens with zero attached hydrogens (tertiary/aromatic N) is 2. The lowest BCUT2D eigenvalue weighted by Gasteiger charge is -2.10. The molecule has 0 bridgehead atoms. The van der Waals surface area contributed by atoms with E-state index in [2.05, 4.69) is 9.72 Å². The predicted molar refractivity (Wildman–Crippen MR) is 60.0 cm³/mol. The zero-order valence-corrected chi connectivity index (χ0v) is 9.30. The van der Waals surface area contributed by atoms with Crippen LogP contribution in [0.15, 0.2) is 23.1 Å². The maximum Gasteiger partial charge on any atom is 0.358 e. The van der Waals surface area contributed by atoms with Gasteiger partial charge in [0.2, 0.25) is 0 Å². The summed E-state index contributed by atoms with van der Waals surface area (Å²) in [6.45, 7) is 0. The Balaban J connectivity index is 2.97.